The van der Waals surface area contributed by atoms with Crippen molar-refractivity contribution in [2.45, 2.75) is 38.3 Å². The van der Waals surface area contributed by atoms with Crippen molar-refractivity contribution in [1.29, 1.82) is 0 Å². The fourth-order valence-electron chi connectivity index (χ4n) is 3.14. The summed E-state index contributed by atoms with van der Waals surface area (Å²) in [7, 11) is 0. The Bertz CT molecular complexity index is 842. The lowest BCUT2D eigenvalue weighted by Crippen LogP contribution is -2.40. The molecule has 0 spiro atoms. The van der Waals surface area contributed by atoms with Crippen molar-refractivity contribution < 1.29 is 24.3 Å². The van der Waals surface area contributed by atoms with E-state index in [-0.39, 0.29) is 25.1 Å². The van der Waals surface area contributed by atoms with Crippen LogP contribution in [0.15, 0.2) is 28.4 Å². The third-order valence-electron chi connectivity index (χ3n) is 4.48. The number of ether oxygens (including phenoxy) is 1. The number of nitro benzene ring substituents is 2. The molecule has 1 aromatic rings. The minimum Gasteiger partial charge on any atom is -0.466 e. The van der Waals surface area contributed by atoms with Crippen LogP contribution in [0, 0.1) is 36.3 Å². The number of benzene rings is 1. The molecule has 1 aromatic carbocycles. The van der Waals surface area contributed by atoms with Crippen LogP contribution in [0.25, 0.3) is 0 Å². The largest absolute Gasteiger partial charge is 0.466 e. The Morgan fingerprint density at radius 1 is 1.25 bits per heavy atom. The summed E-state index contributed by atoms with van der Waals surface area (Å²) in [6.45, 7) is 1.74. The van der Waals surface area contributed by atoms with Crippen LogP contribution in [0.4, 0.5) is 17.1 Å². The number of carbonyl (C=O) groups excluding carboxylic acids is 1. The minimum atomic E-state index is -1.91. The van der Waals surface area contributed by atoms with E-state index < -0.39 is 43.7 Å². The number of azo groups is 1. The minimum absolute atomic E-state index is 0.00828. The number of hydrogen-bond acceptors (Lipinski definition) is 10. The highest BCUT2D eigenvalue weighted by Crippen LogP contribution is 2.43. The summed E-state index contributed by atoms with van der Waals surface area (Å²) in [4.78, 5) is 43.1. The van der Waals surface area contributed by atoms with Gasteiger partial charge < -0.3 is 4.74 Å². The lowest BCUT2D eigenvalue weighted by atomic mass is 9.94. The lowest BCUT2D eigenvalue weighted by Gasteiger charge is -2.21. The van der Waals surface area contributed by atoms with E-state index >= 15 is 0 Å². The van der Waals surface area contributed by atoms with E-state index in [9.17, 15) is 35.1 Å². The van der Waals surface area contributed by atoms with Crippen LogP contribution in [0.3, 0.4) is 0 Å². The average Bonchev–Trinajstić information content (AvgIpc) is 3.03. The second kappa shape index (κ2) is 8.45. The summed E-state index contributed by atoms with van der Waals surface area (Å²) < 4.78 is 4.84. The Morgan fingerprint density at radius 2 is 1.96 bits per heavy atom. The standard InChI is InChI=1S/C15H17N5O8/c1-2-28-14(21)8-10-4-3-7-15(10,20(26)27)17-16-12-6-5-11(18(22)23)9-13(12)19(24)25/h5-6,9-10H,2-4,7-8H2,1H3/t10-,15+/m0/s1. The lowest BCUT2D eigenvalue weighted by molar-refractivity contribution is -0.577. The Morgan fingerprint density at radius 3 is 2.54 bits per heavy atom. The van der Waals surface area contributed by atoms with Crippen molar-refractivity contribution in [3.05, 3.63) is 48.5 Å². The van der Waals surface area contributed by atoms with Gasteiger partial charge in [0.05, 0.1) is 39.8 Å². The number of nitro groups is 3. The van der Waals surface area contributed by atoms with E-state index in [1.807, 2.05) is 0 Å². The molecule has 0 saturated heterocycles. The summed E-state index contributed by atoms with van der Waals surface area (Å²) in [6, 6.07) is 2.70. The Labute approximate surface area is 157 Å². The molecule has 0 aliphatic heterocycles. The summed E-state index contributed by atoms with van der Waals surface area (Å²) >= 11 is 0. The Kier molecular flexibility index (Phi) is 6.28. The molecule has 13 heteroatoms. The van der Waals surface area contributed by atoms with Gasteiger partial charge in [0.15, 0.2) is 5.69 Å². The molecule has 28 heavy (non-hydrogen) atoms. The van der Waals surface area contributed by atoms with E-state index in [1.165, 1.54) is 0 Å². The smallest absolute Gasteiger partial charge is 0.332 e. The van der Waals surface area contributed by atoms with Gasteiger partial charge in [0.25, 0.3) is 5.69 Å². The van der Waals surface area contributed by atoms with Crippen LogP contribution >= 0.6 is 0 Å². The fourth-order valence-corrected chi connectivity index (χ4v) is 3.14. The van der Waals surface area contributed by atoms with Gasteiger partial charge in [-0.25, -0.2) is 0 Å². The molecule has 1 aliphatic carbocycles. The molecule has 1 aliphatic rings. The first-order valence-electron chi connectivity index (χ1n) is 8.37. The van der Waals surface area contributed by atoms with Gasteiger partial charge in [-0.3, -0.25) is 35.1 Å². The highest BCUT2D eigenvalue weighted by molar-refractivity contribution is 5.69. The topological polar surface area (TPSA) is 180 Å². The van der Waals surface area contributed by atoms with Crippen LogP contribution in [-0.4, -0.2) is 33.0 Å². The molecule has 150 valence electrons. The van der Waals surface area contributed by atoms with Crippen molar-refractivity contribution in [1.82, 2.24) is 0 Å². The van der Waals surface area contributed by atoms with Crippen LogP contribution in [0.1, 0.15) is 32.6 Å². The van der Waals surface area contributed by atoms with Crippen LogP contribution in [0.2, 0.25) is 0 Å². The maximum Gasteiger partial charge on any atom is 0.332 e. The number of carbonyl (C=O) groups is 1. The normalized spacial score (nSPS) is 21.5. The fraction of sp³-hybridized carbons (Fsp3) is 0.533. The van der Waals surface area contributed by atoms with Gasteiger partial charge in [0.2, 0.25) is 0 Å². The molecule has 0 amide bonds. The third kappa shape index (κ3) is 4.24. The predicted molar refractivity (Wildman–Crippen MR) is 92.6 cm³/mol. The molecule has 2 atom stereocenters. The molecule has 0 N–H and O–H groups in total. The second-order valence-corrected chi connectivity index (χ2v) is 6.12. The van der Waals surface area contributed by atoms with Crippen molar-refractivity contribution >= 4 is 23.0 Å². The number of nitrogens with zero attached hydrogens (tertiary/aromatic N) is 5. The van der Waals surface area contributed by atoms with E-state index in [1.54, 1.807) is 6.92 Å². The highest BCUT2D eigenvalue weighted by atomic mass is 16.6. The first kappa shape index (κ1) is 20.8. The molecule has 1 saturated carbocycles. The third-order valence-corrected chi connectivity index (χ3v) is 4.48. The van der Waals surface area contributed by atoms with E-state index in [4.69, 9.17) is 4.74 Å². The maximum atomic E-state index is 11.8. The van der Waals surface area contributed by atoms with Crippen molar-refractivity contribution in [2.75, 3.05) is 6.61 Å². The second-order valence-electron chi connectivity index (χ2n) is 6.12. The molecule has 0 unspecified atom stereocenters. The van der Waals surface area contributed by atoms with Gasteiger partial charge >= 0.3 is 17.3 Å². The van der Waals surface area contributed by atoms with Crippen LogP contribution in [0.5, 0.6) is 0 Å². The van der Waals surface area contributed by atoms with Crippen molar-refractivity contribution in [3.63, 3.8) is 0 Å². The monoisotopic (exact) mass is 395 g/mol. The Balaban J connectivity index is 2.40. The van der Waals surface area contributed by atoms with Gasteiger partial charge in [-0.05, 0) is 25.8 Å². The van der Waals surface area contributed by atoms with E-state index in [0.717, 1.165) is 12.1 Å². The molecule has 0 bridgehead atoms. The SMILES string of the molecule is CCOC(=O)C[C@@H]1CCC[C@@]1(N=Nc1ccc([N+](=O)[O-])cc1[N+](=O)[O-])[N+](=O)[O-]. The molecule has 13 nitrogen and oxygen atoms in total. The van der Waals surface area contributed by atoms with Crippen molar-refractivity contribution in [3.8, 4) is 0 Å². The Hall–Kier alpha value is -3.51. The molecule has 1 fully saturated rings. The zero-order chi connectivity index (χ0) is 20.9. The van der Waals surface area contributed by atoms with E-state index in [0.29, 0.717) is 18.9 Å². The average molecular weight is 395 g/mol. The molecule has 2 rings (SSSR count). The number of non-ortho nitro benzene ring substituents is 1. The van der Waals surface area contributed by atoms with Gasteiger partial charge in [-0.15, -0.1) is 10.2 Å². The first-order valence-corrected chi connectivity index (χ1v) is 8.37. The summed E-state index contributed by atoms with van der Waals surface area (Å²) in [5.74, 6) is -1.38. The quantitative estimate of drug-likeness (QED) is 0.278. The molecule has 0 radical (unpaired) electrons. The van der Waals surface area contributed by atoms with Gasteiger partial charge in [0.1, 0.15) is 0 Å². The van der Waals surface area contributed by atoms with Crippen LogP contribution < -0.4 is 0 Å². The molecule has 0 heterocycles. The van der Waals surface area contributed by atoms with Gasteiger partial charge in [-0.1, -0.05) is 0 Å². The summed E-state index contributed by atoms with van der Waals surface area (Å²) in [5, 5.41) is 41.2. The predicted octanol–water partition coefficient (Wildman–Crippen LogP) is 3.31. The maximum absolute atomic E-state index is 11.8. The summed E-state index contributed by atoms with van der Waals surface area (Å²) in [5.41, 5.74) is -3.48. The molecular weight excluding hydrogens is 378 g/mol. The molecule has 0 aromatic heterocycles. The highest BCUT2D eigenvalue weighted by Gasteiger charge is 2.55. The first-order chi connectivity index (χ1) is 13.2. The van der Waals surface area contributed by atoms with Crippen LogP contribution in [-0.2, 0) is 9.53 Å². The molecular formula is C15H17N5O8. The van der Waals surface area contributed by atoms with Gasteiger partial charge in [-0.2, -0.15) is 0 Å². The van der Waals surface area contributed by atoms with E-state index in [2.05, 4.69) is 10.2 Å². The van der Waals surface area contributed by atoms with Gasteiger partial charge in [0, 0.05) is 12.5 Å². The zero-order valence-electron chi connectivity index (χ0n) is 14.8. The summed E-state index contributed by atoms with van der Waals surface area (Å²) in [6.07, 6.45) is 0.554. The van der Waals surface area contributed by atoms with Crippen molar-refractivity contribution in [2.24, 2.45) is 16.1 Å². The number of esters is 1. The number of rotatable bonds is 8. The zero-order valence-corrected chi connectivity index (χ0v) is 14.8. The number of hydrogen-bond donors (Lipinski definition) is 0.